The van der Waals surface area contributed by atoms with Crippen LogP contribution in [0.15, 0.2) is 48.6 Å². The van der Waals surface area contributed by atoms with Gasteiger partial charge in [-0.1, -0.05) is 62.5 Å². The lowest BCUT2D eigenvalue weighted by molar-refractivity contribution is 0.637. The molecule has 2 atom stereocenters. The number of hydrogen-bond donors (Lipinski definition) is 0. The SMILES string of the molecule is CCC1(SC2(CC)C=CC=CC2)C=CC=CC1. The molecule has 0 bridgehead atoms. The van der Waals surface area contributed by atoms with Crippen molar-refractivity contribution in [2.45, 2.75) is 49.0 Å². The van der Waals surface area contributed by atoms with E-state index in [1.54, 1.807) is 0 Å². The van der Waals surface area contributed by atoms with Crippen LogP contribution < -0.4 is 0 Å². The molecular weight excluding hydrogens is 224 g/mol. The van der Waals surface area contributed by atoms with Gasteiger partial charge in [-0.3, -0.25) is 0 Å². The molecule has 0 heterocycles. The lowest BCUT2D eigenvalue weighted by Gasteiger charge is -2.40. The molecule has 2 aliphatic rings. The van der Waals surface area contributed by atoms with Crippen LogP contribution >= 0.6 is 11.8 Å². The molecule has 0 amide bonds. The van der Waals surface area contributed by atoms with Gasteiger partial charge >= 0.3 is 0 Å². The van der Waals surface area contributed by atoms with Gasteiger partial charge < -0.3 is 0 Å². The van der Waals surface area contributed by atoms with Crippen LogP contribution in [0.2, 0.25) is 0 Å². The molecule has 0 N–H and O–H groups in total. The number of hydrogen-bond acceptors (Lipinski definition) is 1. The van der Waals surface area contributed by atoms with Crippen molar-refractivity contribution < 1.29 is 0 Å². The number of allylic oxidation sites excluding steroid dienone is 6. The first kappa shape index (κ1) is 12.8. The summed E-state index contributed by atoms with van der Waals surface area (Å²) in [7, 11) is 0. The van der Waals surface area contributed by atoms with Crippen molar-refractivity contribution in [1.29, 1.82) is 0 Å². The summed E-state index contributed by atoms with van der Waals surface area (Å²) in [6.45, 7) is 4.62. The zero-order valence-electron chi connectivity index (χ0n) is 10.9. The molecule has 1 heteroatoms. The number of rotatable bonds is 4. The third-order valence-electron chi connectivity index (χ3n) is 3.82. The summed E-state index contributed by atoms with van der Waals surface area (Å²) in [6, 6.07) is 0. The van der Waals surface area contributed by atoms with Crippen molar-refractivity contribution in [3.63, 3.8) is 0 Å². The number of thioether (sulfide) groups is 1. The smallest absolute Gasteiger partial charge is 0.0382 e. The summed E-state index contributed by atoms with van der Waals surface area (Å²) in [6.07, 6.45) is 22.9. The van der Waals surface area contributed by atoms with Crippen molar-refractivity contribution >= 4 is 11.8 Å². The van der Waals surface area contributed by atoms with E-state index in [1.165, 1.54) is 25.7 Å². The van der Waals surface area contributed by atoms with Gasteiger partial charge in [-0.15, -0.1) is 11.8 Å². The quantitative estimate of drug-likeness (QED) is 0.669. The molecule has 0 saturated heterocycles. The average molecular weight is 246 g/mol. The van der Waals surface area contributed by atoms with Gasteiger partial charge in [0.1, 0.15) is 0 Å². The van der Waals surface area contributed by atoms with Crippen LogP contribution in [0.1, 0.15) is 39.5 Å². The molecule has 2 aliphatic carbocycles. The van der Waals surface area contributed by atoms with Crippen molar-refractivity contribution in [2.75, 3.05) is 0 Å². The molecule has 17 heavy (non-hydrogen) atoms. The second-order valence-electron chi connectivity index (χ2n) is 4.92. The summed E-state index contributed by atoms with van der Waals surface area (Å²) in [5.41, 5.74) is 0. The maximum Gasteiger partial charge on any atom is 0.0382 e. The monoisotopic (exact) mass is 246 g/mol. The lowest BCUT2D eigenvalue weighted by Crippen LogP contribution is -2.32. The first-order chi connectivity index (χ1) is 8.24. The molecule has 2 unspecified atom stereocenters. The van der Waals surface area contributed by atoms with Crippen LogP contribution in [-0.2, 0) is 0 Å². The van der Waals surface area contributed by atoms with E-state index in [4.69, 9.17) is 0 Å². The van der Waals surface area contributed by atoms with E-state index in [9.17, 15) is 0 Å². The van der Waals surface area contributed by atoms with E-state index in [-0.39, 0.29) is 0 Å². The predicted molar refractivity (Wildman–Crippen MR) is 79.4 cm³/mol. The molecule has 0 spiro atoms. The summed E-state index contributed by atoms with van der Waals surface area (Å²) in [4.78, 5) is 0. The van der Waals surface area contributed by atoms with Crippen LogP contribution in [0.3, 0.4) is 0 Å². The molecule has 2 rings (SSSR count). The Balaban J connectivity index is 2.17. The maximum atomic E-state index is 2.40. The molecule has 92 valence electrons. The van der Waals surface area contributed by atoms with Gasteiger partial charge in [-0.05, 0) is 25.7 Å². The third kappa shape index (κ3) is 2.77. The highest BCUT2D eigenvalue weighted by Crippen LogP contribution is 2.48. The summed E-state index contributed by atoms with van der Waals surface area (Å²) < 4.78 is 0.612. The molecule has 0 aromatic rings. The van der Waals surface area contributed by atoms with E-state index in [2.05, 4.69) is 74.2 Å². The minimum absolute atomic E-state index is 0.306. The fraction of sp³-hybridized carbons (Fsp3) is 0.500. The maximum absolute atomic E-state index is 2.40. The third-order valence-corrected chi connectivity index (χ3v) is 5.82. The molecule has 0 radical (unpaired) electrons. The van der Waals surface area contributed by atoms with E-state index in [0.29, 0.717) is 9.49 Å². The van der Waals surface area contributed by atoms with Crippen LogP contribution in [-0.4, -0.2) is 9.49 Å². The second kappa shape index (κ2) is 5.30. The normalized spacial score (nSPS) is 35.4. The van der Waals surface area contributed by atoms with Gasteiger partial charge in [0.15, 0.2) is 0 Å². The molecular formula is C16H22S. The standard InChI is InChI=1S/C16H22S/c1-3-15(11-7-5-8-12-15)17-16(4-2)13-9-6-10-14-16/h5-11,13H,3-4,12,14H2,1-2H3. The molecule has 0 nitrogen and oxygen atoms in total. The predicted octanol–water partition coefficient (Wildman–Crippen LogP) is 5.05. The lowest BCUT2D eigenvalue weighted by atomic mass is 9.96. The summed E-state index contributed by atoms with van der Waals surface area (Å²) in [5, 5.41) is 0. The summed E-state index contributed by atoms with van der Waals surface area (Å²) in [5.74, 6) is 0. The van der Waals surface area contributed by atoms with Crippen molar-refractivity contribution in [3.05, 3.63) is 48.6 Å². The van der Waals surface area contributed by atoms with Gasteiger partial charge in [-0.2, -0.15) is 0 Å². The average Bonchev–Trinajstić information content (AvgIpc) is 2.41. The van der Waals surface area contributed by atoms with Crippen molar-refractivity contribution in [1.82, 2.24) is 0 Å². The molecule has 0 saturated carbocycles. The minimum atomic E-state index is 0.306. The zero-order valence-corrected chi connectivity index (χ0v) is 11.7. The van der Waals surface area contributed by atoms with Gasteiger partial charge in [0.25, 0.3) is 0 Å². The Kier molecular flexibility index (Phi) is 3.98. The first-order valence-corrected chi connectivity index (χ1v) is 7.45. The second-order valence-corrected chi connectivity index (χ2v) is 6.75. The first-order valence-electron chi connectivity index (χ1n) is 6.63. The molecule has 0 aromatic heterocycles. The Morgan fingerprint density at radius 3 is 1.59 bits per heavy atom. The van der Waals surface area contributed by atoms with Gasteiger partial charge in [0.2, 0.25) is 0 Å². The van der Waals surface area contributed by atoms with E-state index < -0.39 is 0 Å². The van der Waals surface area contributed by atoms with Crippen molar-refractivity contribution in [2.24, 2.45) is 0 Å². The van der Waals surface area contributed by atoms with Gasteiger partial charge in [0.05, 0.1) is 0 Å². The highest BCUT2D eigenvalue weighted by Gasteiger charge is 2.36. The Labute approximate surface area is 110 Å². The zero-order chi connectivity index (χ0) is 12.2. The Bertz CT molecular complexity index is 339. The van der Waals surface area contributed by atoms with Gasteiger partial charge in [-0.25, -0.2) is 0 Å². The van der Waals surface area contributed by atoms with Crippen LogP contribution in [0.5, 0.6) is 0 Å². The minimum Gasteiger partial charge on any atom is -0.139 e. The van der Waals surface area contributed by atoms with Crippen molar-refractivity contribution in [3.8, 4) is 0 Å². The topological polar surface area (TPSA) is 0 Å². The van der Waals surface area contributed by atoms with Crippen LogP contribution in [0.25, 0.3) is 0 Å². The van der Waals surface area contributed by atoms with E-state index in [0.717, 1.165) is 0 Å². The highest BCUT2D eigenvalue weighted by atomic mass is 32.2. The molecule has 0 aromatic carbocycles. The largest absolute Gasteiger partial charge is 0.139 e. The Morgan fingerprint density at radius 2 is 1.29 bits per heavy atom. The highest BCUT2D eigenvalue weighted by molar-refractivity contribution is 8.02. The van der Waals surface area contributed by atoms with E-state index in [1.807, 2.05) is 0 Å². The van der Waals surface area contributed by atoms with Crippen LogP contribution in [0.4, 0.5) is 0 Å². The molecule has 0 aliphatic heterocycles. The Hall–Kier alpha value is -0.690. The van der Waals surface area contributed by atoms with Crippen LogP contribution in [0, 0.1) is 0 Å². The fourth-order valence-corrected chi connectivity index (χ4v) is 4.27. The van der Waals surface area contributed by atoms with Gasteiger partial charge in [0, 0.05) is 9.49 Å². The summed E-state index contributed by atoms with van der Waals surface area (Å²) >= 11 is 2.16. The van der Waals surface area contributed by atoms with E-state index >= 15 is 0 Å². The fourth-order valence-electron chi connectivity index (χ4n) is 2.52. The Morgan fingerprint density at radius 1 is 0.824 bits per heavy atom. The molecule has 0 fully saturated rings.